The van der Waals surface area contributed by atoms with Crippen molar-refractivity contribution < 1.29 is 31.8 Å². The van der Waals surface area contributed by atoms with Gasteiger partial charge in [0.25, 0.3) is 5.91 Å². The molecule has 2 aromatic rings. The van der Waals surface area contributed by atoms with Gasteiger partial charge in [0, 0.05) is 19.2 Å². The van der Waals surface area contributed by atoms with Crippen molar-refractivity contribution in [2.75, 3.05) is 14.2 Å². The van der Waals surface area contributed by atoms with Crippen LogP contribution in [-0.2, 0) is 6.54 Å². The molecule has 0 fully saturated rings. The van der Waals surface area contributed by atoms with E-state index in [9.17, 15) is 22.4 Å². The van der Waals surface area contributed by atoms with E-state index in [0.29, 0.717) is 5.56 Å². The molecule has 0 bridgehead atoms. The lowest BCUT2D eigenvalue weighted by Crippen LogP contribution is -2.26. The Bertz CT molecular complexity index is 745. The average molecular weight is 357 g/mol. The molecule has 1 amide bonds. The number of rotatable bonds is 5. The maximum atomic E-state index is 13.7. The van der Waals surface area contributed by atoms with E-state index in [1.54, 1.807) is 6.07 Å². The van der Waals surface area contributed by atoms with E-state index in [-0.39, 0.29) is 17.9 Å². The van der Waals surface area contributed by atoms with Crippen molar-refractivity contribution in [3.63, 3.8) is 0 Å². The number of halogens is 4. The highest BCUT2D eigenvalue weighted by Gasteiger charge is 2.31. The van der Waals surface area contributed by atoms with Crippen LogP contribution in [0.15, 0.2) is 42.5 Å². The summed E-state index contributed by atoms with van der Waals surface area (Å²) >= 11 is 0. The second-order valence-corrected chi connectivity index (χ2v) is 5.20. The van der Waals surface area contributed by atoms with Crippen LogP contribution in [0.1, 0.15) is 15.9 Å². The van der Waals surface area contributed by atoms with Crippen molar-refractivity contribution >= 4 is 5.91 Å². The molecule has 0 spiro atoms. The zero-order valence-corrected chi connectivity index (χ0v) is 13.4. The van der Waals surface area contributed by atoms with E-state index in [0.717, 1.165) is 12.1 Å². The lowest BCUT2D eigenvalue weighted by molar-refractivity contribution is -0.274. The third-order valence-electron chi connectivity index (χ3n) is 3.32. The Morgan fingerprint density at radius 1 is 1.12 bits per heavy atom. The SMILES string of the molecule is COc1ccc(CN(C)C(=O)c2ccc(OC(F)(F)F)cc2)cc1F. The summed E-state index contributed by atoms with van der Waals surface area (Å²) in [6, 6.07) is 8.90. The second kappa shape index (κ2) is 7.42. The fourth-order valence-electron chi connectivity index (χ4n) is 2.17. The smallest absolute Gasteiger partial charge is 0.494 e. The van der Waals surface area contributed by atoms with E-state index in [1.165, 1.54) is 43.3 Å². The zero-order chi connectivity index (χ0) is 18.6. The predicted molar refractivity (Wildman–Crippen MR) is 81.9 cm³/mol. The fourth-order valence-corrected chi connectivity index (χ4v) is 2.17. The van der Waals surface area contributed by atoms with Gasteiger partial charge in [-0.15, -0.1) is 13.2 Å². The number of benzene rings is 2. The van der Waals surface area contributed by atoms with Gasteiger partial charge in [-0.05, 0) is 42.0 Å². The standard InChI is InChI=1S/C17H15F4NO3/c1-22(10-11-3-8-15(24-2)14(18)9-11)16(23)12-4-6-13(7-5-12)25-17(19,20)21/h3-9H,10H2,1-2H3. The minimum atomic E-state index is -4.79. The highest BCUT2D eigenvalue weighted by Crippen LogP contribution is 2.23. The molecule has 0 saturated heterocycles. The van der Waals surface area contributed by atoms with Crippen LogP contribution in [0.25, 0.3) is 0 Å². The number of hydrogen-bond acceptors (Lipinski definition) is 3. The molecule has 8 heteroatoms. The van der Waals surface area contributed by atoms with E-state index in [2.05, 4.69) is 4.74 Å². The molecule has 0 N–H and O–H groups in total. The molecule has 2 aromatic carbocycles. The normalized spacial score (nSPS) is 11.1. The van der Waals surface area contributed by atoms with Gasteiger partial charge in [0.1, 0.15) is 5.75 Å². The number of amides is 1. The monoisotopic (exact) mass is 357 g/mol. The van der Waals surface area contributed by atoms with Crippen LogP contribution in [0.5, 0.6) is 11.5 Å². The fraction of sp³-hybridized carbons (Fsp3) is 0.235. The number of alkyl halides is 3. The topological polar surface area (TPSA) is 38.8 Å². The van der Waals surface area contributed by atoms with Crippen molar-refractivity contribution in [1.82, 2.24) is 4.90 Å². The molecule has 0 aliphatic rings. The van der Waals surface area contributed by atoms with Crippen molar-refractivity contribution in [2.45, 2.75) is 12.9 Å². The lowest BCUT2D eigenvalue weighted by atomic mass is 10.1. The molecule has 134 valence electrons. The number of carbonyl (C=O) groups excluding carboxylic acids is 1. The van der Waals surface area contributed by atoms with E-state index in [1.807, 2.05) is 0 Å². The maximum Gasteiger partial charge on any atom is 0.573 e. The van der Waals surface area contributed by atoms with Gasteiger partial charge in [-0.1, -0.05) is 6.07 Å². The van der Waals surface area contributed by atoms with Gasteiger partial charge in [0.15, 0.2) is 11.6 Å². The molecule has 2 rings (SSSR count). The lowest BCUT2D eigenvalue weighted by Gasteiger charge is -2.18. The van der Waals surface area contributed by atoms with Crippen molar-refractivity contribution in [1.29, 1.82) is 0 Å². The predicted octanol–water partition coefficient (Wildman–Crippen LogP) is 4.01. The third-order valence-corrected chi connectivity index (χ3v) is 3.32. The molecule has 0 unspecified atom stereocenters. The summed E-state index contributed by atoms with van der Waals surface area (Å²) in [5.41, 5.74) is 0.734. The zero-order valence-electron chi connectivity index (χ0n) is 13.4. The number of carbonyl (C=O) groups is 1. The van der Waals surface area contributed by atoms with Gasteiger partial charge in [-0.25, -0.2) is 4.39 Å². The largest absolute Gasteiger partial charge is 0.573 e. The highest BCUT2D eigenvalue weighted by atomic mass is 19.4. The molecular formula is C17H15F4NO3. The molecule has 0 heterocycles. The molecule has 25 heavy (non-hydrogen) atoms. The van der Waals surface area contributed by atoms with Crippen LogP contribution in [0.3, 0.4) is 0 Å². The Hall–Kier alpha value is -2.77. The van der Waals surface area contributed by atoms with Crippen LogP contribution < -0.4 is 9.47 Å². The summed E-state index contributed by atoms with van der Waals surface area (Å²) in [5, 5.41) is 0. The van der Waals surface area contributed by atoms with Crippen molar-refractivity contribution in [2.24, 2.45) is 0 Å². The van der Waals surface area contributed by atoms with Gasteiger partial charge in [0.05, 0.1) is 7.11 Å². The minimum absolute atomic E-state index is 0.0954. The van der Waals surface area contributed by atoms with Gasteiger partial charge in [-0.3, -0.25) is 4.79 Å². The summed E-state index contributed by atoms with van der Waals surface area (Å²) in [5.74, 6) is -1.29. The first-order valence-corrected chi connectivity index (χ1v) is 7.13. The summed E-state index contributed by atoms with van der Waals surface area (Å²) in [7, 11) is 2.85. The number of nitrogens with zero attached hydrogens (tertiary/aromatic N) is 1. The number of ether oxygens (including phenoxy) is 2. The van der Waals surface area contributed by atoms with Crippen molar-refractivity contribution in [3.05, 3.63) is 59.4 Å². The van der Waals surface area contributed by atoms with E-state index < -0.39 is 23.8 Å². The molecular weight excluding hydrogens is 342 g/mol. The van der Waals surface area contributed by atoms with E-state index in [4.69, 9.17) is 4.74 Å². The molecule has 0 saturated carbocycles. The number of methoxy groups -OCH3 is 1. The van der Waals surface area contributed by atoms with Crippen LogP contribution in [0.2, 0.25) is 0 Å². The Balaban J connectivity index is 2.05. The molecule has 0 aliphatic heterocycles. The molecule has 4 nitrogen and oxygen atoms in total. The van der Waals surface area contributed by atoms with Crippen LogP contribution in [0, 0.1) is 5.82 Å². The Morgan fingerprint density at radius 3 is 2.28 bits per heavy atom. The third kappa shape index (κ3) is 5.10. The first-order chi connectivity index (χ1) is 11.7. The Kier molecular flexibility index (Phi) is 5.51. The van der Waals surface area contributed by atoms with Gasteiger partial charge in [-0.2, -0.15) is 0 Å². The summed E-state index contributed by atoms with van der Waals surface area (Å²) in [6.07, 6.45) is -4.79. The van der Waals surface area contributed by atoms with Crippen LogP contribution in [-0.4, -0.2) is 31.3 Å². The molecule has 0 atom stereocenters. The Morgan fingerprint density at radius 2 is 1.76 bits per heavy atom. The first-order valence-electron chi connectivity index (χ1n) is 7.13. The molecule has 0 aliphatic carbocycles. The maximum absolute atomic E-state index is 13.7. The summed E-state index contributed by atoms with van der Waals surface area (Å²) in [4.78, 5) is 13.6. The first kappa shape index (κ1) is 18.6. The van der Waals surface area contributed by atoms with Crippen LogP contribution >= 0.6 is 0 Å². The van der Waals surface area contributed by atoms with Gasteiger partial charge < -0.3 is 14.4 Å². The second-order valence-electron chi connectivity index (χ2n) is 5.20. The molecule has 0 radical (unpaired) electrons. The van der Waals surface area contributed by atoms with Gasteiger partial charge >= 0.3 is 6.36 Å². The van der Waals surface area contributed by atoms with Gasteiger partial charge in [0.2, 0.25) is 0 Å². The Labute approximate surface area is 141 Å². The molecule has 0 aromatic heterocycles. The minimum Gasteiger partial charge on any atom is -0.494 e. The van der Waals surface area contributed by atoms with Crippen LogP contribution in [0.4, 0.5) is 17.6 Å². The summed E-state index contributed by atoms with van der Waals surface area (Å²) in [6.45, 7) is 0.126. The average Bonchev–Trinajstić information content (AvgIpc) is 2.53. The highest BCUT2D eigenvalue weighted by molar-refractivity contribution is 5.94. The number of hydrogen-bond donors (Lipinski definition) is 0. The summed E-state index contributed by atoms with van der Waals surface area (Å²) < 4.78 is 58.6. The van der Waals surface area contributed by atoms with E-state index >= 15 is 0 Å². The quantitative estimate of drug-likeness (QED) is 0.759. The van der Waals surface area contributed by atoms with Crippen molar-refractivity contribution in [3.8, 4) is 11.5 Å².